The maximum absolute atomic E-state index is 12.8. The number of morpholine rings is 1. The van der Waals surface area contributed by atoms with Gasteiger partial charge in [0, 0.05) is 31.5 Å². The number of carbonyl (C=O) groups excluding carboxylic acids is 1. The summed E-state index contributed by atoms with van der Waals surface area (Å²) >= 11 is 0. The van der Waals surface area contributed by atoms with Gasteiger partial charge in [0.1, 0.15) is 17.5 Å². The second kappa shape index (κ2) is 7.38. The zero-order valence-corrected chi connectivity index (χ0v) is 16.9. The number of hydrogen-bond donors (Lipinski definition) is 0. The van der Waals surface area contributed by atoms with E-state index in [9.17, 15) is 4.79 Å². The van der Waals surface area contributed by atoms with Gasteiger partial charge in [0.2, 0.25) is 0 Å². The molecule has 5 rings (SSSR count). The van der Waals surface area contributed by atoms with Crippen molar-refractivity contribution in [2.75, 3.05) is 19.7 Å². The number of aromatic nitrogens is 5. The number of carbonyl (C=O) groups is 1. The zero-order chi connectivity index (χ0) is 20.7. The Labute approximate surface area is 173 Å². The molecule has 1 atom stereocenters. The van der Waals surface area contributed by atoms with Gasteiger partial charge in [-0.15, -0.1) is 5.10 Å². The normalized spacial score (nSPS) is 16.9. The summed E-state index contributed by atoms with van der Waals surface area (Å²) in [4.78, 5) is 14.5. The molecule has 1 saturated heterocycles. The fourth-order valence-electron chi connectivity index (χ4n) is 3.75. The third kappa shape index (κ3) is 3.35. The van der Waals surface area contributed by atoms with Crippen LogP contribution in [-0.2, 0) is 11.8 Å². The van der Waals surface area contributed by atoms with Gasteiger partial charge in [-0.2, -0.15) is 5.10 Å². The van der Waals surface area contributed by atoms with Crippen molar-refractivity contribution in [2.45, 2.75) is 13.0 Å². The van der Waals surface area contributed by atoms with Crippen molar-refractivity contribution in [1.82, 2.24) is 29.5 Å². The Kier molecular flexibility index (Phi) is 4.55. The van der Waals surface area contributed by atoms with E-state index in [2.05, 4.69) is 52.7 Å². The summed E-state index contributed by atoms with van der Waals surface area (Å²) in [7, 11) is 1.80. The van der Waals surface area contributed by atoms with Crippen LogP contribution in [0.15, 0.2) is 54.9 Å². The first-order valence-electron chi connectivity index (χ1n) is 9.91. The van der Waals surface area contributed by atoms with E-state index < -0.39 is 0 Å². The third-order valence-electron chi connectivity index (χ3n) is 5.42. The first-order valence-corrected chi connectivity index (χ1v) is 9.91. The van der Waals surface area contributed by atoms with E-state index in [1.54, 1.807) is 33.4 Å². The van der Waals surface area contributed by atoms with Crippen LogP contribution < -0.4 is 0 Å². The highest BCUT2D eigenvalue weighted by atomic mass is 16.5. The molecule has 0 spiro atoms. The van der Waals surface area contributed by atoms with Crippen LogP contribution in [0.25, 0.3) is 16.6 Å². The molecule has 0 bridgehead atoms. The van der Waals surface area contributed by atoms with Gasteiger partial charge in [0.25, 0.3) is 5.91 Å². The van der Waals surface area contributed by atoms with Gasteiger partial charge in [-0.1, -0.05) is 41.1 Å². The third-order valence-corrected chi connectivity index (χ3v) is 5.42. The summed E-state index contributed by atoms with van der Waals surface area (Å²) in [5.41, 5.74) is 5.47. The SMILES string of the molecule is Cc1ccc(-c2ccc3c([C@H]4CN(C(=O)c5ccn(C)n5)CCO4)nnn3c2)cc1. The molecule has 1 amide bonds. The number of benzene rings is 1. The quantitative estimate of drug-likeness (QED) is 0.527. The molecule has 0 N–H and O–H groups in total. The van der Waals surface area contributed by atoms with Crippen LogP contribution in [0.3, 0.4) is 0 Å². The van der Waals surface area contributed by atoms with Crippen LogP contribution >= 0.6 is 0 Å². The van der Waals surface area contributed by atoms with Gasteiger partial charge in [0.05, 0.1) is 18.7 Å². The van der Waals surface area contributed by atoms with Crippen LogP contribution in [0.2, 0.25) is 0 Å². The molecule has 0 unspecified atom stereocenters. The number of pyridine rings is 1. The number of hydrogen-bond acceptors (Lipinski definition) is 5. The van der Waals surface area contributed by atoms with Gasteiger partial charge in [-0.3, -0.25) is 9.48 Å². The van der Waals surface area contributed by atoms with E-state index in [0.29, 0.717) is 25.4 Å². The van der Waals surface area contributed by atoms with E-state index in [0.717, 1.165) is 22.3 Å². The van der Waals surface area contributed by atoms with Gasteiger partial charge in [-0.25, -0.2) is 4.52 Å². The van der Waals surface area contributed by atoms with Crippen molar-refractivity contribution in [3.05, 3.63) is 71.8 Å². The summed E-state index contributed by atoms with van der Waals surface area (Å²) in [6, 6.07) is 14.2. The Bertz CT molecular complexity index is 1210. The monoisotopic (exact) mass is 402 g/mol. The van der Waals surface area contributed by atoms with E-state index >= 15 is 0 Å². The van der Waals surface area contributed by atoms with Crippen molar-refractivity contribution in [1.29, 1.82) is 0 Å². The highest BCUT2D eigenvalue weighted by Crippen LogP contribution is 2.27. The Morgan fingerprint density at radius 2 is 1.90 bits per heavy atom. The topological polar surface area (TPSA) is 77.5 Å². The average molecular weight is 402 g/mol. The van der Waals surface area contributed by atoms with Crippen LogP contribution in [0.5, 0.6) is 0 Å². The van der Waals surface area contributed by atoms with Gasteiger partial charge < -0.3 is 9.64 Å². The standard InChI is InChI=1S/C22H22N6O2/c1-15-3-5-16(6-4-15)17-7-8-19-21(23-25-28(19)13-17)20-14-27(11-12-30-20)22(29)18-9-10-26(2)24-18/h3-10,13,20H,11-12,14H2,1-2H3/t20-/m1/s1. The van der Waals surface area contributed by atoms with Crippen LogP contribution in [0.1, 0.15) is 27.8 Å². The predicted molar refractivity (Wildman–Crippen MR) is 111 cm³/mol. The number of aryl methyl sites for hydroxylation is 2. The fraction of sp³-hybridized carbons (Fsp3) is 0.273. The minimum absolute atomic E-state index is 0.0953. The molecule has 8 heteroatoms. The van der Waals surface area contributed by atoms with Crippen molar-refractivity contribution in [3.63, 3.8) is 0 Å². The lowest BCUT2D eigenvalue weighted by molar-refractivity contribution is -0.0243. The molecule has 0 saturated carbocycles. The highest BCUT2D eigenvalue weighted by molar-refractivity contribution is 5.92. The van der Waals surface area contributed by atoms with Gasteiger partial charge in [0.15, 0.2) is 0 Å². The largest absolute Gasteiger partial charge is 0.368 e. The number of rotatable bonds is 3. The molecule has 1 aromatic carbocycles. The van der Waals surface area contributed by atoms with Crippen LogP contribution in [0, 0.1) is 6.92 Å². The summed E-state index contributed by atoms with van der Waals surface area (Å²) in [5, 5.41) is 12.9. The summed E-state index contributed by atoms with van der Waals surface area (Å²) < 4.78 is 9.34. The molecular formula is C22H22N6O2. The summed E-state index contributed by atoms with van der Waals surface area (Å²) in [6.07, 6.45) is 3.41. The lowest BCUT2D eigenvalue weighted by Gasteiger charge is -2.31. The molecule has 4 aromatic rings. The van der Waals surface area contributed by atoms with Gasteiger partial charge >= 0.3 is 0 Å². The molecule has 1 aliphatic rings. The molecule has 8 nitrogen and oxygen atoms in total. The Balaban J connectivity index is 1.40. The number of nitrogens with zero attached hydrogens (tertiary/aromatic N) is 6. The fourth-order valence-corrected chi connectivity index (χ4v) is 3.75. The second-order valence-corrected chi connectivity index (χ2v) is 7.57. The van der Waals surface area contributed by atoms with Crippen molar-refractivity contribution < 1.29 is 9.53 Å². The molecule has 1 fully saturated rings. The predicted octanol–water partition coefficient (Wildman–Crippen LogP) is 2.65. The summed E-state index contributed by atoms with van der Waals surface area (Å²) in [5.74, 6) is -0.0953. The van der Waals surface area contributed by atoms with E-state index in [-0.39, 0.29) is 12.0 Å². The smallest absolute Gasteiger partial charge is 0.274 e. The minimum atomic E-state index is -0.325. The maximum atomic E-state index is 12.8. The van der Waals surface area contributed by atoms with Crippen molar-refractivity contribution in [3.8, 4) is 11.1 Å². The van der Waals surface area contributed by atoms with E-state index in [1.165, 1.54) is 5.56 Å². The molecule has 152 valence electrons. The molecule has 3 aromatic heterocycles. The molecule has 4 heterocycles. The van der Waals surface area contributed by atoms with Crippen LogP contribution in [-0.4, -0.2) is 55.1 Å². The van der Waals surface area contributed by atoms with Gasteiger partial charge in [-0.05, 0) is 24.6 Å². The molecule has 1 aliphatic heterocycles. The van der Waals surface area contributed by atoms with Crippen LogP contribution in [0.4, 0.5) is 0 Å². The van der Waals surface area contributed by atoms with Crippen molar-refractivity contribution in [2.24, 2.45) is 7.05 Å². The first kappa shape index (κ1) is 18.5. The van der Waals surface area contributed by atoms with Crippen molar-refractivity contribution >= 4 is 11.4 Å². The summed E-state index contributed by atoms with van der Waals surface area (Å²) in [6.45, 7) is 3.47. The molecule has 30 heavy (non-hydrogen) atoms. The maximum Gasteiger partial charge on any atom is 0.274 e. The Hall–Kier alpha value is -3.52. The number of fused-ring (bicyclic) bond motifs is 1. The second-order valence-electron chi connectivity index (χ2n) is 7.57. The highest BCUT2D eigenvalue weighted by Gasteiger charge is 2.30. The van der Waals surface area contributed by atoms with E-state index in [1.807, 2.05) is 12.3 Å². The molecule has 0 radical (unpaired) electrons. The first-order chi connectivity index (χ1) is 14.6. The lowest BCUT2D eigenvalue weighted by Crippen LogP contribution is -2.42. The zero-order valence-electron chi connectivity index (χ0n) is 16.9. The number of ether oxygens (including phenoxy) is 1. The lowest BCUT2D eigenvalue weighted by atomic mass is 10.1. The average Bonchev–Trinajstić information content (AvgIpc) is 3.39. The Morgan fingerprint density at radius 3 is 2.67 bits per heavy atom. The minimum Gasteiger partial charge on any atom is -0.368 e. The molecular weight excluding hydrogens is 380 g/mol. The Morgan fingerprint density at radius 1 is 1.10 bits per heavy atom. The van der Waals surface area contributed by atoms with E-state index in [4.69, 9.17) is 4.74 Å². The number of amides is 1. The molecule has 0 aliphatic carbocycles.